The molecule has 1 aromatic carbocycles. The Bertz CT molecular complexity index is 589. The van der Waals surface area contributed by atoms with E-state index in [0.717, 1.165) is 17.6 Å². The molecule has 1 heterocycles. The van der Waals surface area contributed by atoms with E-state index in [2.05, 4.69) is 0 Å². The number of hydrogen-bond acceptors (Lipinski definition) is 1. The SMILES string of the molecule is CCn1cc(CC(C)C(=O)O)c2c(F)cccc21. The molecule has 18 heavy (non-hydrogen) atoms. The molecule has 0 aliphatic rings. The summed E-state index contributed by atoms with van der Waals surface area (Å²) in [6.07, 6.45) is 2.20. The lowest BCUT2D eigenvalue weighted by Crippen LogP contribution is -2.12. The van der Waals surface area contributed by atoms with Crippen LogP contribution in [0.15, 0.2) is 24.4 Å². The molecule has 1 unspecified atom stereocenters. The van der Waals surface area contributed by atoms with Gasteiger partial charge < -0.3 is 9.67 Å². The first-order chi connectivity index (χ1) is 8.54. The highest BCUT2D eigenvalue weighted by Crippen LogP contribution is 2.26. The fraction of sp³-hybridized carbons (Fsp3) is 0.357. The summed E-state index contributed by atoms with van der Waals surface area (Å²) in [6, 6.07) is 4.95. The van der Waals surface area contributed by atoms with Crippen LogP contribution in [-0.4, -0.2) is 15.6 Å². The van der Waals surface area contributed by atoms with E-state index in [4.69, 9.17) is 5.11 Å². The van der Waals surface area contributed by atoms with Crippen LogP contribution in [0.3, 0.4) is 0 Å². The number of aryl methyl sites for hydroxylation is 1. The van der Waals surface area contributed by atoms with E-state index in [1.54, 1.807) is 13.0 Å². The first-order valence-corrected chi connectivity index (χ1v) is 6.03. The predicted octanol–water partition coefficient (Wildman–Crippen LogP) is 3.06. The molecule has 2 aromatic rings. The van der Waals surface area contributed by atoms with Crippen LogP contribution in [0, 0.1) is 11.7 Å². The number of aromatic nitrogens is 1. The molecule has 2 rings (SSSR count). The van der Waals surface area contributed by atoms with Gasteiger partial charge in [0, 0.05) is 18.1 Å². The van der Waals surface area contributed by atoms with Gasteiger partial charge in [-0.15, -0.1) is 0 Å². The normalized spacial score (nSPS) is 12.8. The molecule has 1 aromatic heterocycles. The van der Waals surface area contributed by atoms with E-state index >= 15 is 0 Å². The number of aliphatic carboxylic acids is 1. The molecule has 0 aliphatic heterocycles. The second kappa shape index (κ2) is 4.80. The molecule has 96 valence electrons. The summed E-state index contributed by atoms with van der Waals surface area (Å²) in [4.78, 5) is 10.9. The van der Waals surface area contributed by atoms with Crippen molar-refractivity contribution >= 4 is 16.9 Å². The Kier molecular flexibility index (Phi) is 3.36. The zero-order valence-electron chi connectivity index (χ0n) is 10.5. The number of nitrogens with zero attached hydrogens (tertiary/aromatic N) is 1. The molecule has 0 saturated heterocycles. The second-order valence-electron chi connectivity index (χ2n) is 4.52. The first kappa shape index (κ1) is 12.6. The Morgan fingerprint density at radius 1 is 1.50 bits per heavy atom. The van der Waals surface area contributed by atoms with Crippen molar-refractivity contribution in [2.45, 2.75) is 26.8 Å². The van der Waals surface area contributed by atoms with Crippen molar-refractivity contribution in [3.05, 3.63) is 35.8 Å². The third-order valence-electron chi connectivity index (χ3n) is 3.22. The predicted molar refractivity (Wildman–Crippen MR) is 68.1 cm³/mol. The summed E-state index contributed by atoms with van der Waals surface area (Å²) in [5.41, 5.74) is 1.59. The molecule has 0 aliphatic carbocycles. The highest BCUT2D eigenvalue weighted by molar-refractivity contribution is 5.85. The number of halogens is 1. The van der Waals surface area contributed by atoms with Gasteiger partial charge in [-0.05, 0) is 31.0 Å². The third-order valence-corrected chi connectivity index (χ3v) is 3.22. The lowest BCUT2D eigenvalue weighted by molar-refractivity contribution is -0.141. The van der Waals surface area contributed by atoms with Gasteiger partial charge >= 0.3 is 5.97 Å². The molecule has 0 amide bonds. The van der Waals surface area contributed by atoms with E-state index in [1.807, 2.05) is 23.8 Å². The number of carbonyl (C=O) groups is 1. The molecule has 3 nitrogen and oxygen atoms in total. The van der Waals surface area contributed by atoms with Crippen LogP contribution in [0.4, 0.5) is 4.39 Å². The minimum atomic E-state index is -0.858. The van der Waals surface area contributed by atoms with Gasteiger partial charge in [0.05, 0.1) is 11.4 Å². The Balaban J connectivity index is 2.53. The maximum Gasteiger partial charge on any atom is 0.306 e. The van der Waals surface area contributed by atoms with E-state index < -0.39 is 11.9 Å². The van der Waals surface area contributed by atoms with Crippen LogP contribution in [0.25, 0.3) is 10.9 Å². The van der Waals surface area contributed by atoms with Gasteiger partial charge in [0.1, 0.15) is 5.82 Å². The maximum absolute atomic E-state index is 13.9. The van der Waals surface area contributed by atoms with E-state index in [0.29, 0.717) is 11.8 Å². The number of fused-ring (bicyclic) bond motifs is 1. The molecular formula is C14H16FNO2. The minimum Gasteiger partial charge on any atom is -0.481 e. The summed E-state index contributed by atoms with van der Waals surface area (Å²) in [6.45, 7) is 4.36. The highest BCUT2D eigenvalue weighted by Gasteiger charge is 2.17. The van der Waals surface area contributed by atoms with Gasteiger partial charge in [0.25, 0.3) is 0 Å². The lowest BCUT2D eigenvalue weighted by Gasteiger charge is -2.04. The van der Waals surface area contributed by atoms with Crippen LogP contribution in [0.2, 0.25) is 0 Å². The van der Waals surface area contributed by atoms with Gasteiger partial charge in [-0.1, -0.05) is 13.0 Å². The average molecular weight is 249 g/mol. The smallest absolute Gasteiger partial charge is 0.306 e. The van der Waals surface area contributed by atoms with Crippen LogP contribution in [0.5, 0.6) is 0 Å². The molecule has 0 spiro atoms. The summed E-state index contributed by atoms with van der Waals surface area (Å²) in [5, 5.41) is 9.50. The van der Waals surface area contributed by atoms with Crippen molar-refractivity contribution < 1.29 is 14.3 Å². The molecule has 0 fully saturated rings. The van der Waals surface area contributed by atoms with E-state index in [1.165, 1.54) is 6.07 Å². The topological polar surface area (TPSA) is 42.2 Å². The molecule has 1 N–H and O–H groups in total. The number of benzene rings is 1. The van der Waals surface area contributed by atoms with Crippen LogP contribution < -0.4 is 0 Å². The zero-order valence-corrected chi connectivity index (χ0v) is 10.5. The summed E-state index contributed by atoms with van der Waals surface area (Å²) in [7, 11) is 0. The average Bonchev–Trinajstić information content (AvgIpc) is 2.68. The Hall–Kier alpha value is -1.84. The van der Waals surface area contributed by atoms with Crippen molar-refractivity contribution in [1.29, 1.82) is 0 Å². The summed E-state index contributed by atoms with van der Waals surface area (Å²) in [5.74, 6) is -1.66. The fourth-order valence-electron chi connectivity index (χ4n) is 2.23. The standard InChI is InChI=1S/C14H16FNO2/c1-3-16-8-10(7-9(2)14(17)18)13-11(15)5-4-6-12(13)16/h4-6,8-9H,3,7H2,1-2H3,(H,17,18). The maximum atomic E-state index is 13.9. The zero-order chi connectivity index (χ0) is 13.3. The van der Waals surface area contributed by atoms with E-state index in [9.17, 15) is 9.18 Å². The summed E-state index contributed by atoms with van der Waals surface area (Å²) < 4.78 is 15.8. The molecule has 0 radical (unpaired) electrons. The van der Waals surface area contributed by atoms with Gasteiger partial charge in [-0.25, -0.2) is 4.39 Å². The largest absolute Gasteiger partial charge is 0.481 e. The molecule has 4 heteroatoms. The quantitative estimate of drug-likeness (QED) is 0.904. The number of carboxylic acid groups (broad SMARTS) is 1. The minimum absolute atomic E-state index is 0.285. The van der Waals surface area contributed by atoms with Crippen molar-refractivity contribution in [2.75, 3.05) is 0 Å². The Labute approximate surface area is 105 Å². The lowest BCUT2D eigenvalue weighted by atomic mass is 10.0. The Morgan fingerprint density at radius 3 is 2.83 bits per heavy atom. The molecule has 0 bridgehead atoms. The number of rotatable bonds is 4. The Morgan fingerprint density at radius 2 is 2.22 bits per heavy atom. The monoisotopic (exact) mass is 249 g/mol. The van der Waals surface area contributed by atoms with Crippen LogP contribution in [-0.2, 0) is 17.8 Å². The fourth-order valence-corrected chi connectivity index (χ4v) is 2.23. The first-order valence-electron chi connectivity index (χ1n) is 6.03. The third kappa shape index (κ3) is 2.10. The summed E-state index contributed by atoms with van der Waals surface area (Å²) >= 11 is 0. The van der Waals surface area contributed by atoms with Crippen molar-refractivity contribution in [2.24, 2.45) is 5.92 Å². The number of hydrogen-bond donors (Lipinski definition) is 1. The van der Waals surface area contributed by atoms with Crippen molar-refractivity contribution in [3.8, 4) is 0 Å². The molecule has 1 atom stereocenters. The van der Waals surface area contributed by atoms with Gasteiger partial charge in [0.2, 0.25) is 0 Å². The molecular weight excluding hydrogens is 233 g/mol. The van der Waals surface area contributed by atoms with Gasteiger partial charge in [-0.3, -0.25) is 4.79 Å². The van der Waals surface area contributed by atoms with Gasteiger partial charge in [0.15, 0.2) is 0 Å². The number of carboxylic acids is 1. The van der Waals surface area contributed by atoms with Crippen LogP contribution in [0.1, 0.15) is 19.4 Å². The molecule has 0 saturated carbocycles. The van der Waals surface area contributed by atoms with Crippen molar-refractivity contribution in [1.82, 2.24) is 4.57 Å². The van der Waals surface area contributed by atoms with Crippen LogP contribution >= 0.6 is 0 Å². The second-order valence-corrected chi connectivity index (χ2v) is 4.52. The van der Waals surface area contributed by atoms with Gasteiger partial charge in [-0.2, -0.15) is 0 Å². The van der Waals surface area contributed by atoms with E-state index in [-0.39, 0.29) is 5.82 Å². The van der Waals surface area contributed by atoms with Crippen molar-refractivity contribution in [3.63, 3.8) is 0 Å². The highest BCUT2D eigenvalue weighted by atomic mass is 19.1.